The zero-order valence-corrected chi connectivity index (χ0v) is 38.4. The van der Waals surface area contributed by atoms with Gasteiger partial charge in [0, 0.05) is 45.7 Å². The summed E-state index contributed by atoms with van der Waals surface area (Å²) in [6, 6.07) is 47.3. The van der Waals surface area contributed by atoms with Crippen molar-refractivity contribution < 1.29 is 22.7 Å². The van der Waals surface area contributed by atoms with E-state index in [-0.39, 0.29) is 29.5 Å². The van der Waals surface area contributed by atoms with E-state index in [1.807, 2.05) is 97.1 Å². The number of carbonyl (C=O) groups excluding carboxylic acids is 1. The molecular weight excluding hydrogens is 885 g/mol. The van der Waals surface area contributed by atoms with Gasteiger partial charge in [-0.1, -0.05) is 109 Å². The summed E-state index contributed by atoms with van der Waals surface area (Å²) in [5, 5.41) is 0. The van der Waals surface area contributed by atoms with E-state index in [0.29, 0.717) is 34.3 Å². The fraction of sp³-hybridized carbons (Fsp3) is 0.182. The summed E-state index contributed by atoms with van der Waals surface area (Å²) in [4.78, 5) is 32.6. The summed E-state index contributed by atoms with van der Waals surface area (Å²) in [6.07, 6.45) is 12.8. The van der Waals surface area contributed by atoms with E-state index < -0.39 is 16.0 Å². The van der Waals surface area contributed by atoms with Gasteiger partial charge in [-0.05, 0) is 97.2 Å². The summed E-state index contributed by atoms with van der Waals surface area (Å²) >= 11 is 0. The molecule has 2 aliphatic carbocycles. The minimum absolute atomic E-state index is 0.0757. The summed E-state index contributed by atoms with van der Waals surface area (Å²) in [5.74, 6) is 0.0288. The average Bonchev–Trinajstić information content (AvgIpc) is 3.37. The molecule has 6 heterocycles. The SMILES string of the molecule is NC1(c2ccc(-c3nc4c(cc3-c3ccccc3)N(c3cccnc3)C(=O)CO4)cc2)CCC1.NC1(c2ccc(-c3nc4c(cc3-c3ccccc3)N(c3cccnc3)S(=O)(=O)CO4)cc2)CCC1. The third-order valence-electron chi connectivity index (χ3n) is 13.5. The van der Waals surface area contributed by atoms with Crippen molar-refractivity contribution in [2.24, 2.45) is 11.5 Å². The van der Waals surface area contributed by atoms with Crippen LogP contribution in [0.15, 0.2) is 170 Å². The highest BCUT2D eigenvalue weighted by atomic mass is 32.2. The standard InChI is InChI=1S/C28H24N4O2.C27H24N4O3S/c29-28(13-5-14-28)21-11-9-20(10-12-21)26-23(19-6-2-1-3-7-19)16-24-27(31-26)34-18-25(33)32(24)22-8-4-15-30-17-22;28-27(13-5-14-27)21-11-9-20(10-12-21)25-23(19-6-2-1-3-7-19)16-24-26(30-25)34-18-35(32,33)31(24)22-8-4-15-29-17-22/h1-4,6-12,15-17H,5,13-14,18,29H2;1-4,6-12,15-17H,5,13-14,18,28H2. The third-order valence-corrected chi connectivity index (χ3v) is 14.9. The van der Waals surface area contributed by atoms with Gasteiger partial charge in [0.1, 0.15) is 11.4 Å². The van der Waals surface area contributed by atoms with E-state index in [4.69, 9.17) is 30.9 Å². The molecule has 4 aliphatic rings. The van der Waals surface area contributed by atoms with Gasteiger partial charge >= 0.3 is 0 Å². The largest absolute Gasteiger partial charge is 0.466 e. The highest BCUT2D eigenvalue weighted by Crippen LogP contribution is 2.47. The van der Waals surface area contributed by atoms with Gasteiger partial charge in [-0.3, -0.25) is 19.7 Å². The Morgan fingerprint density at radius 2 is 1.01 bits per heavy atom. The van der Waals surface area contributed by atoms with Crippen LogP contribution in [0, 0.1) is 0 Å². The van der Waals surface area contributed by atoms with Crippen LogP contribution in [0.1, 0.15) is 49.7 Å². The van der Waals surface area contributed by atoms with Gasteiger partial charge < -0.3 is 20.9 Å². The van der Waals surface area contributed by atoms with Crippen molar-refractivity contribution >= 4 is 38.7 Å². The molecule has 4 aromatic carbocycles. The quantitative estimate of drug-likeness (QED) is 0.148. The Hall–Kier alpha value is -7.78. The Balaban J connectivity index is 0.000000151. The third kappa shape index (κ3) is 8.26. The second-order valence-electron chi connectivity index (χ2n) is 17.9. The van der Waals surface area contributed by atoms with E-state index in [2.05, 4.69) is 46.4 Å². The van der Waals surface area contributed by atoms with Crippen LogP contribution in [0.4, 0.5) is 22.7 Å². The fourth-order valence-corrected chi connectivity index (χ4v) is 10.6. The number of nitrogens with two attached hydrogens (primary N) is 2. The average molecular weight is 933 g/mol. The number of hydrogen-bond acceptors (Lipinski definition) is 11. The van der Waals surface area contributed by atoms with Crippen molar-refractivity contribution in [1.82, 2.24) is 19.9 Å². The molecule has 14 heteroatoms. The van der Waals surface area contributed by atoms with Crippen LogP contribution in [0.25, 0.3) is 44.8 Å². The molecule has 2 aliphatic heterocycles. The Morgan fingerprint density at radius 3 is 1.48 bits per heavy atom. The molecule has 0 unspecified atom stereocenters. The fourth-order valence-electron chi connectivity index (χ4n) is 9.42. The number of ether oxygens (including phenoxy) is 2. The van der Waals surface area contributed by atoms with Crippen LogP contribution in [-0.2, 0) is 25.9 Å². The molecule has 8 aromatic rings. The van der Waals surface area contributed by atoms with Crippen molar-refractivity contribution in [1.29, 1.82) is 0 Å². The second-order valence-corrected chi connectivity index (χ2v) is 19.7. The predicted octanol–water partition coefficient (Wildman–Crippen LogP) is 10.2. The Morgan fingerprint density at radius 1 is 0.536 bits per heavy atom. The number of amides is 1. The molecule has 1 amide bonds. The topological polar surface area (TPSA) is 180 Å². The summed E-state index contributed by atoms with van der Waals surface area (Å²) in [6.45, 7) is -0.0757. The van der Waals surface area contributed by atoms with Gasteiger partial charge in [0.25, 0.3) is 15.9 Å². The lowest BCUT2D eigenvalue weighted by Gasteiger charge is -2.38. The molecule has 13 nitrogen and oxygen atoms in total. The van der Waals surface area contributed by atoms with Crippen molar-refractivity contribution in [3.8, 4) is 56.5 Å². The van der Waals surface area contributed by atoms with E-state index in [1.165, 1.54) is 16.9 Å². The smallest absolute Gasteiger partial charge is 0.275 e. The van der Waals surface area contributed by atoms with E-state index >= 15 is 0 Å². The number of sulfonamides is 1. The lowest BCUT2D eigenvalue weighted by atomic mass is 9.72. The second kappa shape index (κ2) is 17.7. The van der Waals surface area contributed by atoms with E-state index in [1.54, 1.807) is 35.6 Å². The van der Waals surface area contributed by atoms with Gasteiger partial charge in [0.05, 0.1) is 35.2 Å². The number of carbonyl (C=O) groups is 1. The van der Waals surface area contributed by atoms with Crippen LogP contribution < -0.4 is 30.1 Å². The number of fused-ring (bicyclic) bond motifs is 2. The Bertz CT molecular complexity index is 3280. The molecule has 2 fully saturated rings. The van der Waals surface area contributed by atoms with Crippen molar-refractivity contribution in [2.45, 2.75) is 49.6 Å². The zero-order chi connectivity index (χ0) is 47.2. The first-order valence-corrected chi connectivity index (χ1v) is 24.6. The molecule has 2 saturated carbocycles. The Kier molecular flexibility index (Phi) is 11.2. The predicted molar refractivity (Wildman–Crippen MR) is 267 cm³/mol. The molecule has 4 aromatic heterocycles. The highest BCUT2D eigenvalue weighted by Gasteiger charge is 2.37. The molecule has 0 spiro atoms. The maximum absolute atomic E-state index is 13.0. The molecule has 0 saturated heterocycles. The first-order chi connectivity index (χ1) is 33.6. The van der Waals surface area contributed by atoms with Gasteiger partial charge in [0.2, 0.25) is 17.7 Å². The van der Waals surface area contributed by atoms with Crippen molar-refractivity contribution in [2.75, 3.05) is 21.8 Å². The number of rotatable bonds is 8. The van der Waals surface area contributed by atoms with Crippen LogP contribution in [-0.4, -0.2) is 46.8 Å². The number of hydrogen-bond donors (Lipinski definition) is 2. The highest BCUT2D eigenvalue weighted by molar-refractivity contribution is 7.93. The minimum atomic E-state index is -3.77. The van der Waals surface area contributed by atoms with Crippen molar-refractivity contribution in [3.05, 3.63) is 182 Å². The number of aromatic nitrogens is 4. The molecule has 12 rings (SSSR count). The molecule has 69 heavy (non-hydrogen) atoms. The zero-order valence-electron chi connectivity index (χ0n) is 37.6. The molecular formula is C55H48N8O5S. The first-order valence-electron chi connectivity index (χ1n) is 23.0. The van der Waals surface area contributed by atoms with Gasteiger partial charge in [-0.15, -0.1) is 0 Å². The van der Waals surface area contributed by atoms with Gasteiger partial charge in [-0.25, -0.2) is 22.7 Å². The summed E-state index contributed by atoms with van der Waals surface area (Å²) in [5.41, 5.74) is 24.0. The van der Waals surface area contributed by atoms with Gasteiger partial charge in [-0.2, -0.15) is 0 Å². The minimum Gasteiger partial charge on any atom is -0.466 e. The number of benzene rings is 4. The molecule has 0 bridgehead atoms. The molecule has 0 radical (unpaired) electrons. The van der Waals surface area contributed by atoms with Crippen LogP contribution >= 0.6 is 0 Å². The van der Waals surface area contributed by atoms with Crippen LogP contribution in [0.5, 0.6) is 11.8 Å². The Labute approximate surface area is 400 Å². The molecule has 0 atom stereocenters. The summed E-state index contributed by atoms with van der Waals surface area (Å²) < 4.78 is 38.8. The van der Waals surface area contributed by atoms with Crippen molar-refractivity contribution in [3.63, 3.8) is 0 Å². The maximum Gasteiger partial charge on any atom is 0.275 e. The molecule has 344 valence electrons. The maximum atomic E-state index is 13.0. The number of anilines is 4. The summed E-state index contributed by atoms with van der Waals surface area (Å²) in [7, 11) is -3.77. The normalized spacial score (nSPS) is 17.0. The number of nitrogens with zero attached hydrogens (tertiary/aromatic N) is 6. The van der Waals surface area contributed by atoms with E-state index in [0.717, 1.165) is 82.3 Å². The lowest BCUT2D eigenvalue weighted by molar-refractivity contribution is -0.120. The molecule has 4 N–H and O–H groups in total. The number of pyridine rings is 4. The van der Waals surface area contributed by atoms with Crippen LogP contribution in [0.2, 0.25) is 0 Å². The van der Waals surface area contributed by atoms with Gasteiger partial charge in [0.15, 0.2) is 6.61 Å². The van der Waals surface area contributed by atoms with E-state index in [9.17, 15) is 13.2 Å². The monoisotopic (exact) mass is 932 g/mol. The first kappa shape index (κ1) is 43.8. The van der Waals surface area contributed by atoms with Crippen LogP contribution in [0.3, 0.4) is 0 Å². The lowest BCUT2D eigenvalue weighted by Crippen LogP contribution is -2.43.